The number of rotatable bonds is 10. The Bertz CT molecular complexity index is 985. The molecule has 0 spiro atoms. The van der Waals surface area contributed by atoms with Crippen molar-refractivity contribution in [1.82, 2.24) is 9.62 Å². The number of carbonyl (C=O) groups is 2. The second kappa shape index (κ2) is 11.3. The minimum absolute atomic E-state index is 0.0714. The molecule has 2 aromatic rings. The lowest BCUT2D eigenvalue weighted by Gasteiger charge is -2.22. The molecule has 0 radical (unpaired) electrons. The normalized spacial score (nSPS) is 11.2. The average molecular weight is 472 g/mol. The molecule has 0 unspecified atom stereocenters. The Kier molecular flexibility index (Phi) is 9.10. The van der Waals surface area contributed by atoms with Gasteiger partial charge in [0.1, 0.15) is 0 Å². The number of sulfonamides is 1. The predicted octanol–water partition coefficient (Wildman–Crippen LogP) is 3.54. The van der Waals surface area contributed by atoms with E-state index in [1.54, 1.807) is 30.3 Å². The molecular weight excluding hydrogens is 449 g/mol. The largest absolute Gasteiger partial charge is 0.333 e. The fourth-order valence-electron chi connectivity index (χ4n) is 2.65. The van der Waals surface area contributed by atoms with Crippen LogP contribution < -0.4 is 10.0 Å². The maximum atomic E-state index is 12.5. The zero-order chi connectivity index (χ0) is 22.1. The molecule has 0 saturated carbocycles. The van der Waals surface area contributed by atoms with Crippen LogP contribution >= 0.6 is 23.2 Å². The summed E-state index contributed by atoms with van der Waals surface area (Å²) < 4.78 is 26.9. The van der Waals surface area contributed by atoms with Gasteiger partial charge in [0, 0.05) is 24.5 Å². The molecule has 0 aliphatic heterocycles. The molecule has 2 aromatic carbocycles. The number of hydrogen-bond donors (Lipinski definition) is 2. The molecule has 0 fully saturated rings. The number of carbonyl (C=O) groups excluding carboxylic acids is 2. The van der Waals surface area contributed by atoms with Crippen LogP contribution in [-0.4, -0.2) is 44.8 Å². The first kappa shape index (κ1) is 24.1. The van der Waals surface area contributed by atoms with Gasteiger partial charge in [0.05, 0.1) is 22.2 Å². The molecule has 2 N–H and O–H groups in total. The van der Waals surface area contributed by atoms with Crippen molar-refractivity contribution in [3.63, 3.8) is 0 Å². The maximum Gasteiger partial charge on any atom is 0.244 e. The molecule has 7 nitrogen and oxygen atoms in total. The molecule has 10 heteroatoms. The van der Waals surface area contributed by atoms with Gasteiger partial charge in [0.15, 0.2) is 0 Å². The average Bonchev–Trinajstić information content (AvgIpc) is 2.71. The van der Waals surface area contributed by atoms with E-state index < -0.39 is 15.9 Å². The van der Waals surface area contributed by atoms with Crippen LogP contribution in [0.15, 0.2) is 53.4 Å². The van der Waals surface area contributed by atoms with Crippen LogP contribution in [0.2, 0.25) is 10.0 Å². The van der Waals surface area contributed by atoms with Crippen LogP contribution in [0.25, 0.3) is 0 Å². The molecule has 0 saturated heterocycles. The number of nitrogens with zero attached hydrogens (tertiary/aromatic N) is 1. The molecule has 0 bridgehead atoms. The van der Waals surface area contributed by atoms with Gasteiger partial charge in [-0.1, -0.05) is 48.3 Å². The van der Waals surface area contributed by atoms with Crippen LogP contribution in [0.5, 0.6) is 0 Å². The molecule has 162 valence electrons. The molecular formula is C20H23Cl2N3O4S. The Morgan fingerprint density at radius 2 is 1.77 bits per heavy atom. The highest BCUT2D eigenvalue weighted by Gasteiger charge is 2.19. The second-order valence-corrected chi connectivity index (χ2v) is 9.06. The van der Waals surface area contributed by atoms with Crippen LogP contribution in [0, 0.1) is 0 Å². The second-order valence-electron chi connectivity index (χ2n) is 6.45. The third-order valence-corrected chi connectivity index (χ3v) is 6.11. The lowest BCUT2D eigenvalue weighted by molar-refractivity contribution is -0.134. The first-order valence-electron chi connectivity index (χ1n) is 9.30. The molecule has 2 amide bonds. The standard InChI is InChI=1S/C20H23Cl2N3O4S/c1-2-12-25(14-19(26)24-18-13-15(21)8-9-17(18)22)20(27)10-11-23-30(28,29)16-6-4-3-5-7-16/h3-9,13,23H,2,10-12,14H2,1H3,(H,24,26). The Balaban J connectivity index is 1.92. The van der Waals surface area contributed by atoms with Crippen molar-refractivity contribution < 1.29 is 18.0 Å². The number of amides is 2. The first-order valence-corrected chi connectivity index (χ1v) is 11.5. The lowest BCUT2D eigenvalue weighted by Crippen LogP contribution is -2.40. The van der Waals surface area contributed by atoms with Crippen molar-refractivity contribution in [1.29, 1.82) is 0 Å². The van der Waals surface area contributed by atoms with Gasteiger partial charge in [-0.2, -0.15) is 0 Å². The highest BCUT2D eigenvalue weighted by Crippen LogP contribution is 2.25. The number of benzene rings is 2. The number of halogens is 2. The van der Waals surface area contributed by atoms with E-state index >= 15 is 0 Å². The Morgan fingerprint density at radius 1 is 1.07 bits per heavy atom. The van der Waals surface area contributed by atoms with E-state index in [1.165, 1.54) is 23.1 Å². The Hall–Kier alpha value is -2.13. The minimum atomic E-state index is -3.69. The Labute approximate surface area is 186 Å². The van der Waals surface area contributed by atoms with Gasteiger partial charge in [-0.25, -0.2) is 13.1 Å². The van der Waals surface area contributed by atoms with E-state index in [2.05, 4.69) is 10.0 Å². The van der Waals surface area contributed by atoms with Crippen molar-refractivity contribution >= 4 is 50.7 Å². The number of nitrogens with one attached hydrogen (secondary N) is 2. The van der Waals surface area contributed by atoms with E-state index in [1.807, 2.05) is 6.92 Å². The monoisotopic (exact) mass is 471 g/mol. The summed E-state index contributed by atoms with van der Waals surface area (Å²) in [6, 6.07) is 12.6. The summed E-state index contributed by atoms with van der Waals surface area (Å²) in [6.07, 6.45) is 0.573. The highest BCUT2D eigenvalue weighted by molar-refractivity contribution is 7.89. The quantitative estimate of drug-likeness (QED) is 0.553. The van der Waals surface area contributed by atoms with Crippen molar-refractivity contribution in [3.05, 3.63) is 58.6 Å². The van der Waals surface area contributed by atoms with Gasteiger partial charge in [0.25, 0.3) is 0 Å². The van der Waals surface area contributed by atoms with Crippen molar-refractivity contribution in [2.75, 3.05) is 25.0 Å². The van der Waals surface area contributed by atoms with Crippen molar-refractivity contribution in [2.24, 2.45) is 0 Å². The van der Waals surface area contributed by atoms with E-state index in [-0.39, 0.29) is 30.3 Å². The van der Waals surface area contributed by atoms with Gasteiger partial charge in [0.2, 0.25) is 21.8 Å². The molecule has 0 aliphatic rings. The van der Waals surface area contributed by atoms with Crippen LogP contribution in [0.1, 0.15) is 19.8 Å². The molecule has 0 aromatic heterocycles. The fourth-order valence-corrected chi connectivity index (χ4v) is 4.04. The summed E-state index contributed by atoms with van der Waals surface area (Å²) in [7, 11) is -3.69. The van der Waals surface area contributed by atoms with Crippen LogP contribution in [-0.2, 0) is 19.6 Å². The molecule has 2 rings (SSSR count). The Morgan fingerprint density at radius 3 is 2.43 bits per heavy atom. The summed E-state index contributed by atoms with van der Waals surface area (Å²) in [6.45, 7) is 1.99. The fraction of sp³-hybridized carbons (Fsp3) is 0.300. The molecule has 0 heterocycles. The number of anilines is 1. The third kappa shape index (κ3) is 7.28. The van der Waals surface area contributed by atoms with Crippen molar-refractivity contribution in [2.45, 2.75) is 24.7 Å². The van der Waals surface area contributed by atoms with Gasteiger partial charge >= 0.3 is 0 Å². The van der Waals surface area contributed by atoms with E-state index in [4.69, 9.17) is 23.2 Å². The number of hydrogen-bond acceptors (Lipinski definition) is 4. The topological polar surface area (TPSA) is 95.6 Å². The molecule has 0 atom stereocenters. The predicted molar refractivity (Wildman–Crippen MR) is 118 cm³/mol. The summed E-state index contributed by atoms with van der Waals surface area (Å²) in [5.74, 6) is -0.759. The first-order chi connectivity index (χ1) is 14.2. The summed E-state index contributed by atoms with van der Waals surface area (Å²) in [5.41, 5.74) is 0.355. The highest BCUT2D eigenvalue weighted by atomic mass is 35.5. The third-order valence-electron chi connectivity index (χ3n) is 4.07. The van der Waals surface area contributed by atoms with Crippen LogP contribution in [0.4, 0.5) is 5.69 Å². The SMILES string of the molecule is CCCN(CC(=O)Nc1cc(Cl)ccc1Cl)C(=O)CCNS(=O)(=O)c1ccccc1. The van der Waals surface area contributed by atoms with Gasteiger partial charge in [-0.05, 0) is 36.8 Å². The molecule has 0 aliphatic carbocycles. The lowest BCUT2D eigenvalue weighted by atomic mass is 10.3. The van der Waals surface area contributed by atoms with Crippen molar-refractivity contribution in [3.8, 4) is 0 Å². The summed E-state index contributed by atoms with van der Waals surface area (Å²) >= 11 is 12.0. The van der Waals surface area contributed by atoms with E-state index in [0.29, 0.717) is 28.7 Å². The maximum absolute atomic E-state index is 12.5. The van der Waals surface area contributed by atoms with Crippen LogP contribution in [0.3, 0.4) is 0 Å². The summed E-state index contributed by atoms with van der Waals surface area (Å²) in [4.78, 5) is 26.4. The van der Waals surface area contributed by atoms with Gasteiger partial charge in [-0.3, -0.25) is 9.59 Å². The zero-order valence-corrected chi connectivity index (χ0v) is 18.7. The van der Waals surface area contributed by atoms with E-state index in [9.17, 15) is 18.0 Å². The smallest absolute Gasteiger partial charge is 0.244 e. The van der Waals surface area contributed by atoms with Gasteiger partial charge in [-0.15, -0.1) is 0 Å². The zero-order valence-electron chi connectivity index (χ0n) is 16.4. The van der Waals surface area contributed by atoms with Gasteiger partial charge < -0.3 is 10.2 Å². The minimum Gasteiger partial charge on any atom is -0.333 e. The molecule has 30 heavy (non-hydrogen) atoms. The summed E-state index contributed by atoms with van der Waals surface area (Å²) in [5, 5.41) is 3.38. The van der Waals surface area contributed by atoms with E-state index in [0.717, 1.165) is 0 Å².